The van der Waals surface area contributed by atoms with Crippen LogP contribution in [0, 0.1) is 13.8 Å². The molecule has 9 nitrogen and oxygen atoms in total. The van der Waals surface area contributed by atoms with Gasteiger partial charge in [-0.2, -0.15) is 0 Å². The van der Waals surface area contributed by atoms with E-state index in [1.165, 1.54) is 0 Å². The molecule has 1 aliphatic carbocycles. The lowest BCUT2D eigenvalue weighted by Crippen LogP contribution is -2.42. The van der Waals surface area contributed by atoms with Crippen molar-refractivity contribution in [3.05, 3.63) is 35.5 Å². The number of nitrogens with zero attached hydrogens (tertiary/aromatic N) is 3. The molecule has 1 saturated carbocycles. The quantitative estimate of drug-likeness (QED) is 0.242. The Balaban J connectivity index is 1.77. The topological polar surface area (TPSA) is 101 Å². The van der Waals surface area contributed by atoms with E-state index < -0.39 is 26.1 Å². The molecule has 0 saturated heterocycles. The van der Waals surface area contributed by atoms with Crippen LogP contribution in [-0.2, 0) is 13.9 Å². The number of amides is 1. The van der Waals surface area contributed by atoms with Gasteiger partial charge in [0, 0.05) is 25.3 Å². The number of hydrogen-bond donors (Lipinski definition) is 1. The van der Waals surface area contributed by atoms with E-state index in [1.807, 2.05) is 34.6 Å². The Kier molecular flexibility index (Phi) is 9.39. The van der Waals surface area contributed by atoms with Crippen molar-refractivity contribution in [1.29, 1.82) is 0 Å². The van der Waals surface area contributed by atoms with Crippen LogP contribution >= 0.6 is 0 Å². The van der Waals surface area contributed by atoms with E-state index >= 15 is 0 Å². The average molecular weight is 614 g/mol. The van der Waals surface area contributed by atoms with Gasteiger partial charge in [-0.1, -0.05) is 32.0 Å². The molecular weight excluding hydrogens is 560 g/mol. The van der Waals surface area contributed by atoms with Gasteiger partial charge in [0.2, 0.25) is 0 Å². The van der Waals surface area contributed by atoms with Gasteiger partial charge in [0.05, 0.1) is 30.2 Å². The zero-order chi connectivity index (χ0) is 32.4. The summed E-state index contributed by atoms with van der Waals surface area (Å²) in [6.07, 6.45) is 3.72. The van der Waals surface area contributed by atoms with E-state index in [0.717, 1.165) is 65.1 Å². The number of benzene rings is 1. The second-order valence-electron chi connectivity index (χ2n) is 14.4. The van der Waals surface area contributed by atoms with Crippen LogP contribution in [0.2, 0.25) is 18.1 Å². The van der Waals surface area contributed by atoms with Gasteiger partial charge in [-0.15, -0.1) is 0 Å². The molecule has 4 rings (SSSR count). The number of carbonyl (C=O) groups is 1. The Morgan fingerprint density at radius 3 is 2.44 bits per heavy atom. The summed E-state index contributed by atoms with van der Waals surface area (Å²) in [5.41, 5.74) is 4.04. The Morgan fingerprint density at radius 2 is 1.86 bits per heavy atom. The fraction of sp³-hybridized carbons (Fsp3) is 0.667. The second-order valence-corrected chi connectivity index (χ2v) is 19.2. The molecule has 10 heteroatoms. The van der Waals surface area contributed by atoms with E-state index in [9.17, 15) is 4.79 Å². The normalized spacial score (nSPS) is 19.3. The maximum atomic E-state index is 13.2. The molecule has 1 aliphatic rings. The van der Waals surface area contributed by atoms with Gasteiger partial charge in [0.1, 0.15) is 17.2 Å². The molecule has 1 N–H and O–H groups in total. The van der Waals surface area contributed by atoms with Crippen molar-refractivity contribution >= 4 is 25.4 Å². The highest BCUT2D eigenvalue weighted by Crippen LogP contribution is 2.39. The number of alkyl carbamates (subject to hydrolysis) is 1. The molecule has 3 aromatic rings. The standard InChI is InChI=1S/C33H52N4O5Si/c1-21-29(22(2)42-36-21)23-12-17-28-27(20-23)34-30(37(28)24-13-15-25(39-9)16-14-24)26(35-31(38)41-32(3,4)5)18-19-40-43(10,11)33(6,7)8/h12,17,20,24-26H,13-16,18-19H2,1-11H3,(H,35,38)/t24?,25?,26-/m0/s1/i9D. The first-order valence-corrected chi connectivity index (χ1v) is 18.4. The summed E-state index contributed by atoms with van der Waals surface area (Å²) in [5.74, 6) is 1.56. The number of imidazole rings is 1. The maximum Gasteiger partial charge on any atom is 0.408 e. The molecule has 1 atom stereocenters. The SMILES string of the molecule is [2H]COC1CCC(n2c([C@H](CCO[Si](C)(C)C(C)(C)C)NC(=O)OC(C)(C)C)nc3cc(-c4c(C)noc4C)ccc32)CC1. The molecule has 1 amide bonds. The van der Waals surface area contributed by atoms with Crippen molar-refractivity contribution in [2.24, 2.45) is 0 Å². The van der Waals surface area contributed by atoms with Crippen molar-refractivity contribution in [1.82, 2.24) is 20.0 Å². The smallest absolute Gasteiger partial charge is 0.408 e. The molecule has 2 heterocycles. The fourth-order valence-electron chi connectivity index (χ4n) is 5.63. The van der Waals surface area contributed by atoms with Gasteiger partial charge in [0.25, 0.3) is 0 Å². The highest BCUT2D eigenvalue weighted by atomic mass is 28.4. The van der Waals surface area contributed by atoms with Gasteiger partial charge in [-0.25, -0.2) is 9.78 Å². The number of rotatable bonds is 9. The molecule has 1 fully saturated rings. The Bertz CT molecular complexity index is 1410. The zero-order valence-electron chi connectivity index (χ0n) is 28.8. The van der Waals surface area contributed by atoms with Crippen LogP contribution < -0.4 is 5.32 Å². The van der Waals surface area contributed by atoms with E-state index in [2.05, 4.69) is 67.1 Å². The summed E-state index contributed by atoms with van der Waals surface area (Å²) in [7, 11) is -2.03. The highest BCUT2D eigenvalue weighted by Gasteiger charge is 2.38. The third kappa shape index (κ3) is 7.70. The minimum absolute atomic E-state index is 0.0187. The molecule has 0 radical (unpaired) electrons. The van der Waals surface area contributed by atoms with E-state index in [0.29, 0.717) is 13.0 Å². The minimum Gasteiger partial charge on any atom is -0.444 e. The molecule has 0 bridgehead atoms. The molecule has 2 aromatic heterocycles. The lowest BCUT2D eigenvalue weighted by atomic mass is 9.92. The van der Waals surface area contributed by atoms with Crippen LogP contribution in [0.25, 0.3) is 22.2 Å². The van der Waals surface area contributed by atoms with Gasteiger partial charge in [-0.3, -0.25) is 0 Å². The monoisotopic (exact) mass is 613 g/mol. The number of aryl methyl sites for hydroxylation is 2. The molecule has 0 spiro atoms. The molecule has 238 valence electrons. The molecule has 0 aliphatic heterocycles. The first kappa shape index (κ1) is 31.7. The Morgan fingerprint density at radius 1 is 1.16 bits per heavy atom. The number of aromatic nitrogens is 3. The van der Waals surface area contributed by atoms with Crippen molar-refractivity contribution in [2.75, 3.05) is 13.7 Å². The van der Waals surface area contributed by atoms with Crippen LogP contribution in [0.1, 0.15) is 104 Å². The lowest BCUT2D eigenvalue weighted by Gasteiger charge is -2.36. The Labute approximate surface area is 259 Å². The third-order valence-electron chi connectivity index (χ3n) is 8.96. The van der Waals surface area contributed by atoms with Crippen LogP contribution in [0.15, 0.2) is 22.7 Å². The first-order valence-electron chi connectivity index (χ1n) is 16.2. The van der Waals surface area contributed by atoms with Gasteiger partial charge < -0.3 is 28.3 Å². The van der Waals surface area contributed by atoms with E-state index in [4.69, 9.17) is 24.8 Å². The maximum absolute atomic E-state index is 13.2. The Hall–Kier alpha value is -2.69. The number of ether oxygens (including phenoxy) is 2. The number of nitrogens with one attached hydrogen (secondary N) is 1. The van der Waals surface area contributed by atoms with Crippen molar-refractivity contribution in [3.8, 4) is 11.1 Å². The lowest BCUT2D eigenvalue weighted by molar-refractivity contribution is 0.0487. The van der Waals surface area contributed by atoms with Crippen LogP contribution in [0.3, 0.4) is 0 Å². The minimum atomic E-state index is -2.01. The predicted octanol–water partition coefficient (Wildman–Crippen LogP) is 8.42. The van der Waals surface area contributed by atoms with Crippen LogP contribution in [0.5, 0.6) is 0 Å². The molecule has 1 aromatic carbocycles. The van der Waals surface area contributed by atoms with Crippen molar-refractivity contribution in [2.45, 2.75) is 129 Å². The highest BCUT2D eigenvalue weighted by molar-refractivity contribution is 6.74. The van der Waals surface area contributed by atoms with Crippen molar-refractivity contribution in [3.63, 3.8) is 0 Å². The molecule has 0 unspecified atom stereocenters. The van der Waals surface area contributed by atoms with E-state index in [-0.39, 0.29) is 24.3 Å². The van der Waals surface area contributed by atoms with E-state index in [1.54, 1.807) is 0 Å². The molecule has 43 heavy (non-hydrogen) atoms. The fourth-order valence-corrected chi connectivity index (χ4v) is 6.69. The second kappa shape index (κ2) is 12.7. The summed E-state index contributed by atoms with van der Waals surface area (Å²) >= 11 is 0. The van der Waals surface area contributed by atoms with Crippen molar-refractivity contribution < 1.29 is 24.6 Å². The predicted molar refractivity (Wildman–Crippen MR) is 173 cm³/mol. The number of hydrogen-bond acceptors (Lipinski definition) is 7. The first-order chi connectivity index (χ1) is 20.5. The largest absolute Gasteiger partial charge is 0.444 e. The number of fused-ring (bicyclic) bond motifs is 1. The van der Waals surface area contributed by atoms with Gasteiger partial charge >= 0.3 is 6.09 Å². The molecular formula is C33H52N4O5Si. The summed E-state index contributed by atoms with van der Waals surface area (Å²) in [4.78, 5) is 18.4. The van der Waals surface area contributed by atoms with Crippen LogP contribution in [-0.4, -0.2) is 54.5 Å². The van der Waals surface area contributed by atoms with Gasteiger partial charge in [0.15, 0.2) is 8.32 Å². The summed E-state index contributed by atoms with van der Waals surface area (Å²) < 4.78 is 33.2. The average Bonchev–Trinajstić information content (AvgIpc) is 3.45. The summed E-state index contributed by atoms with van der Waals surface area (Å²) in [6.45, 7) is 21.1. The number of methoxy groups -OCH3 is 1. The van der Waals surface area contributed by atoms with Gasteiger partial charge in [-0.05, 0) is 103 Å². The summed E-state index contributed by atoms with van der Waals surface area (Å²) in [5, 5.41) is 7.39. The summed E-state index contributed by atoms with van der Waals surface area (Å²) in [6, 6.07) is 6.06. The third-order valence-corrected chi connectivity index (χ3v) is 13.5. The zero-order valence-corrected chi connectivity index (χ0v) is 28.8. The number of carbonyl (C=O) groups excluding carboxylic acids is 1. The van der Waals surface area contributed by atoms with Crippen LogP contribution in [0.4, 0.5) is 4.79 Å².